The van der Waals surface area contributed by atoms with Crippen LogP contribution in [0.3, 0.4) is 0 Å². The van der Waals surface area contributed by atoms with Crippen molar-refractivity contribution in [3.8, 4) is 22.4 Å². The largest absolute Gasteiger partial charge is 0.455 e. The molecule has 4 nitrogen and oxygen atoms in total. The van der Waals surface area contributed by atoms with Gasteiger partial charge in [0.15, 0.2) is 0 Å². The molecule has 0 aliphatic carbocycles. The first-order valence-electron chi connectivity index (χ1n) is 15.2. The van der Waals surface area contributed by atoms with Gasteiger partial charge in [0, 0.05) is 37.9 Å². The number of nitrogens with zero attached hydrogens (tertiary/aromatic N) is 2. The van der Waals surface area contributed by atoms with E-state index in [4.69, 9.17) is 18.8 Å². The average molecular weight is 577 g/mol. The highest BCUT2D eigenvalue weighted by Gasteiger charge is 2.22. The van der Waals surface area contributed by atoms with Crippen LogP contribution in [-0.2, 0) is 0 Å². The van der Waals surface area contributed by atoms with E-state index in [-0.39, 0.29) is 0 Å². The monoisotopic (exact) mass is 576 g/mol. The van der Waals surface area contributed by atoms with Crippen LogP contribution < -0.4 is 0 Å². The van der Waals surface area contributed by atoms with Crippen LogP contribution in [0.15, 0.2) is 136 Å². The van der Waals surface area contributed by atoms with Crippen molar-refractivity contribution in [3.63, 3.8) is 0 Å². The minimum atomic E-state index is 0.818. The molecule has 7 aromatic carbocycles. The molecule has 0 aliphatic rings. The van der Waals surface area contributed by atoms with Gasteiger partial charge in [-0.15, -0.1) is 0 Å². The first-order valence-corrected chi connectivity index (χ1v) is 15.2. The molecule has 0 saturated heterocycles. The SMILES string of the molecule is Cc1ccc2oc3c(-c4cccc(-c5cnc6c7ccccc7c7ccccc7c6n5)c4)c4oc5ccccc5c4cc3c2c1. The summed E-state index contributed by atoms with van der Waals surface area (Å²) >= 11 is 0. The normalized spacial score (nSPS) is 12.1. The summed E-state index contributed by atoms with van der Waals surface area (Å²) < 4.78 is 13.2. The van der Waals surface area contributed by atoms with E-state index in [9.17, 15) is 0 Å². The fourth-order valence-corrected chi connectivity index (χ4v) is 7.06. The van der Waals surface area contributed by atoms with Crippen LogP contribution in [0.25, 0.3) is 98.8 Å². The Hall–Kier alpha value is -6.00. The Morgan fingerprint density at radius 1 is 0.467 bits per heavy atom. The summed E-state index contributed by atoms with van der Waals surface area (Å²) in [5, 5.41) is 8.93. The predicted molar refractivity (Wildman–Crippen MR) is 185 cm³/mol. The van der Waals surface area contributed by atoms with Crippen LogP contribution in [0, 0.1) is 6.92 Å². The first-order chi connectivity index (χ1) is 22.2. The Labute approximate surface area is 257 Å². The highest BCUT2D eigenvalue weighted by atomic mass is 16.3. The number of hydrogen-bond acceptors (Lipinski definition) is 4. The molecular weight excluding hydrogens is 552 g/mol. The van der Waals surface area contributed by atoms with E-state index in [1.54, 1.807) is 0 Å². The summed E-state index contributed by atoms with van der Waals surface area (Å²) in [6.45, 7) is 2.12. The zero-order valence-corrected chi connectivity index (χ0v) is 24.3. The van der Waals surface area contributed by atoms with E-state index in [1.807, 2.05) is 18.3 Å². The van der Waals surface area contributed by atoms with Crippen molar-refractivity contribution in [2.75, 3.05) is 0 Å². The molecule has 10 rings (SSSR count). The second-order valence-electron chi connectivity index (χ2n) is 11.8. The molecule has 0 fully saturated rings. The van der Waals surface area contributed by atoms with Gasteiger partial charge < -0.3 is 8.83 Å². The summed E-state index contributed by atoms with van der Waals surface area (Å²) in [4.78, 5) is 10.3. The van der Waals surface area contributed by atoms with Crippen LogP contribution in [-0.4, -0.2) is 9.97 Å². The second kappa shape index (κ2) is 9.01. The third kappa shape index (κ3) is 3.48. The fraction of sp³-hybridized carbons (Fsp3) is 0.0244. The van der Waals surface area contributed by atoms with Crippen LogP contribution >= 0.6 is 0 Å². The molecule has 45 heavy (non-hydrogen) atoms. The Morgan fingerprint density at radius 3 is 1.87 bits per heavy atom. The number of aryl methyl sites for hydroxylation is 1. The van der Waals surface area contributed by atoms with Crippen molar-refractivity contribution < 1.29 is 8.83 Å². The molecule has 0 amide bonds. The lowest BCUT2D eigenvalue weighted by molar-refractivity contribution is 0.658. The van der Waals surface area contributed by atoms with Gasteiger partial charge in [-0.2, -0.15) is 0 Å². The van der Waals surface area contributed by atoms with Crippen molar-refractivity contribution in [1.82, 2.24) is 9.97 Å². The Morgan fingerprint density at radius 2 is 1.09 bits per heavy atom. The highest BCUT2D eigenvalue weighted by molar-refractivity contribution is 6.24. The number of rotatable bonds is 2. The topological polar surface area (TPSA) is 52.1 Å². The van der Waals surface area contributed by atoms with Crippen LogP contribution in [0.2, 0.25) is 0 Å². The number of para-hydroxylation sites is 1. The van der Waals surface area contributed by atoms with Gasteiger partial charge in [-0.3, -0.25) is 4.98 Å². The smallest absolute Gasteiger partial charge is 0.147 e. The molecule has 4 heteroatoms. The molecular formula is C41H24N2O2. The molecule has 0 bridgehead atoms. The minimum Gasteiger partial charge on any atom is -0.455 e. The van der Waals surface area contributed by atoms with Gasteiger partial charge in [-0.05, 0) is 53.6 Å². The molecule has 10 aromatic rings. The number of fused-ring (bicyclic) bond motifs is 12. The van der Waals surface area contributed by atoms with Gasteiger partial charge in [0.05, 0.1) is 28.5 Å². The quantitative estimate of drug-likeness (QED) is 0.192. The van der Waals surface area contributed by atoms with Crippen molar-refractivity contribution in [2.45, 2.75) is 6.92 Å². The minimum absolute atomic E-state index is 0.818. The maximum atomic E-state index is 6.60. The second-order valence-corrected chi connectivity index (χ2v) is 11.8. The Bertz CT molecular complexity index is 2800. The van der Waals surface area contributed by atoms with Crippen LogP contribution in [0.5, 0.6) is 0 Å². The van der Waals surface area contributed by atoms with E-state index < -0.39 is 0 Å². The van der Waals surface area contributed by atoms with Gasteiger partial charge in [0.25, 0.3) is 0 Å². The third-order valence-corrected chi connectivity index (χ3v) is 9.13. The molecule has 0 N–H and O–H groups in total. The molecule has 0 radical (unpaired) electrons. The number of aromatic nitrogens is 2. The predicted octanol–water partition coefficient (Wildman–Crippen LogP) is 11.4. The standard InChI is InChI=1S/C41H24N2O2/c1-23-17-18-36-31(19-23)33-21-32-28-13-6-7-16-35(28)44-40(32)37(41(33)45-36)25-10-8-9-24(20-25)34-22-42-38-29-14-4-2-11-26(29)27-12-3-5-15-30(27)39(38)43-34/h2-22H,1H3. The summed E-state index contributed by atoms with van der Waals surface area (Å²) in [6, 6.07) is 42.2. The molecule has 0 saturated carbocycles. The van der Waals surface area contributed by atoms with E-state index in [1.165, 1.54) is 16.3 Å². The van der Waals surface area contributed by atoms with E-state index in [0.717, 1.165) is 88.1 Å². The zero-order valence-electron chi connectivity index (χ0n) is 24.3. The maximum absolute atomic E-state index is 6.60. The summed E-state index contributed by atoms with van der Waals surface area (Å²) in [5.41, 5.74) is 10.1. The fourth-order valence-electron chi connectivity index (χ4n) is 7.06. The van der Waals surface area contributed by atoms with Gasteiger partial charge >= 0.3 is 0 Å². The molecule has 210 valence electrons. The van der Waals surface area contributed by atoms with E-state index in [2.05, 4.69) is 116 Å². The Kier molecular flexibility index (Phi) is 4.89. The van der Waals surface area contributed by atoms with Crippen LogP contribution in [0.1, 0.15) is 5.56 Å². The molecule has 0 unspecified atom stereocenters. The Balaban J connectivity index is 1.25. The average Bonchev–Trinajstić information content (AvgIpc) is 3.65. The molecule has 0 aliphatic heterocycles. The van der Waals surface area contributed by atoms with Crippen LogP contribution in [0.4, 0.5) is 0 Å². The van der Waals surface area contributed by atoms with E-state index in [0.29, 0.717) is 0 Å². The summed E-state index contributed by atoms with van der Waals surface area (Å²) in [5.74, 6) is 0. The lowest BCUT2D eigenvalue weighted by atomic mass is 9.96. The van der Waals surface area contributed by atoms with Gasteiger partial charge in [0.2, 0.25) is 0 Å². The first kappa shape index (κ1) is 24.4. The third-order valence-electron chi connectivity index (χ3n) is 9.13. The summed E-state index contributed by atoms with van der Waals surface area (Å²) in [7, 11) is 0. The van der Waals surface area contributed by atoms with Gasteiger partial charge in [-0.25, -0.2) is 4.98 Å². The zero-order chi connectivity index (χ0) is 29.6. The lowest BCUT2D eigenvalue weighted by Crippen LogP contribution is -1.92. The lowest BCUT2D eigenvalue weighted by Gasteiger charge is -2.11. The van der Waals surface area contributed by atoms with Crippen molar-refractivity contribution in [2.24, 2.45) is 0 Å². The number of hydrogen-bond donors (Lipinski definition) is 0. The van der Waals surface area contributed by atoms with Crippen molar-refractivity contribution in [1.29, 1.82) is 0 Å². The number of furan rings is 2. The van der Waals surface area contributed by atoms with Crippen molar-refractivity contribution >= 4 is 76.5 Å². The summed E-state index contributed by atoms with van der Waals surface area (Å²) in [6.07, 6.45) is 1.89. The molecule has 3 aromatic heterocycles. The van der Waals surface area contributed by atoms with Crippen molar-refractivity contribution in [3.05, 3.63) is 133 Å². The molecule has 0 atom stereocenters. The molecule has 0 spiro atoms. The van der Waals surface area contributed by atoms with Gasteiger partial charge in [-0.1, -0.05) is 96.6 Å². The maximum Gasteiger partial charge on any atom is 0.147 e. The van der Waals surface area contributed by atoms with E-state index >= 15 is 0 Å². The highest BCUT2D eigenvalue weighted by Crippen LogP contribution is 2.45. The molecule has 3 heterocycles. The number of benzene rings is 7. The van der Waals surface area contributed by atoms with Gasteiger partial charge in [0.1, 0.15) is 22.3 Å².